The SMILES string of the molecule is CN(CCCOc1ccc(Cl)cc1)C(=O)NCC1CC(=O)N(C(C)(C)C)C1. The minimum absolute atomic E-state index is 0.122. The van der Waals surface area contributed by atoms with Gasteiger partial charge >= 0.3 is 6.03 Å². The van der Waals surface area contributed by atoms with Crippen LogP contribution in [0.4, 0.5) is 4.79 Å². The molecule has 0 aromatic heterocycles. The fraction of sp³-hybridized carbons (Fsp3) is 0.600. The first kappa shape index (κ1) is 21.4. The zero-order valence-electron chi connectivity index (χ0n) is 16.6. The van der Waals surface area contributed by atoms with Crippen molar-refractivity contribution < 1.29 is 14.3 Å². The number of rotatable bonds is 7. The fourth-order valence-corrected chi connectivity index (χ4v) is 3.18. The van der Waals surface area contributed by atoms with Crippen LogP contribution in [0.25, 0.3) is 0 Å². The van der Waals surface area contributed by atoms with Gasteiger partial charge in [-0.2, -0.15) is 0 Å². The second kappa shape index (κ2) is 9.31. The monoisotopic (exact) mass is 395 g/mol. The molecule has 1 heterocycles. The van der Waals surface area contributed by atoms with Crippen molar-refractivity contribution >= 4 is 23.5 Å². The molecule has 150 valence electrons. The molecular weight excluding hydrogens is 366 g/mol. The number of nitrogens with one attached hydrogen (secondary N) is 1. The normalized spacial score (nSPS) is 17.1. The second-order valence-electron chi connectivity index (χ2n) is 8.01. The van der Waals surface area contributed by atoms with Crippen LogP contribution in [0.2, 0.25) is 5.02 Å². The number of likely N-dealkylation sites (tertiary alicyclic amines) is 1. The van der Waals surface area contributed by atoms with Gasteiger partial charge < -0.3 is 19.9 Å². The Labute approximate surface area is 166 Å². The molecular formula is C20H30ClN3O3. The molecule has 7 heteroatoms. The molecule has 27 heavy (non-hydrogen) atoms. The van der Waals surface area contributed by atoms with Crippen molar-refractivity contribution in [2.75, 3.05) is 33.3 Å². The number of hydrogen-bond donors (Lipinski definition) is 1. The molecule has 1 aliphatic rings. The number of halogens is 1. The first-order chi connectivity index (χ1) is 12.7. The third kappa shape index (κ3) is 6.61. The maximum absolute atomic E-state index is 12.2. The van der Waals surface area contributed by atoms with Crippen LogP contribution in [0.5, 0.6) is 5.75 Å². The molecule has 1 aromatic carbocycles. The number of benzene rings is 1. The molecule has 0 saturated carbocycles. The molecule has 0 radical (unpaired) electrons. The van der Waals surface area contributed by atoms with Crippen molar-refractivity contribution in [2.45, 2.75) is 39.2 Å². The number of nitrogens with zero attached hydrogens (tertiary/aromatic N) is 2. The first-order valence-electron chi connectivity index (χ1n) is 9.34. The summed E-state index contributed by atoms with van der Waals surface area (Å²) in [6, 6.07) is 7.09. The van der Waals surface area contributed by atoms with Gasteiger partial charge in [0.1, 0.15) is 5.75 Å². The summed E-state index contributed by atoms with van der Waals surface area (Å²) in [5.41, 5.74) is -0.170. The van der Waals surface area contributed by atoms with Gasteiger partial charge in [0.2, 0.25) is 5.91 Å². The maximum atomic E-state index is 12.2. The minimum atomic E-state index is -0.170. The van der Waals surface area contributed by atoms with E-state index in [1.165, 1.54) is 0 Å². The largest absolute Gasteiger partial charge is 0.494 e. The van der Waals surface area contributed by atoms with E-state index < -0.39 is 0 Å². The highest BCUT2D eigenvalue weighted by Gasteiger charge is 2.36. The molecule has 2 rings (SSSR count). The summed E-state index contributed by atoms with van der Waals surface area (Å²) in [4.78, 5) is 27.9. The fourth-order valence-electron chi connectivity index (χ4n) is 3.06. The van der Waals surface area contributed by atoms with Crippen LogP contribution >= 0.6 is 11.6 Å². The Bertz CT molecular complexity index is 643. The van der Waals surface area contributed by atoms with Crippen molar-refractivity contribution in [3.63, 3.8) is 0 Å². The molecule has 1 atom stereocenters. The summed E-state index contributed by atoms with van der Waals surface area (Å²) in [7, 11) is 1.76. The summed E-state index contributed by atoms with van der Waals surface area (Å²) in [5.74, 6) is 1.09. The van der Waals surface area contributed by atoms with Crippen LogP contribution in [0.3, 0.4) is 0 Å². The highest BCUT2D eigenvalue weighted by atomic mass is 35.5. The van der Waals surface area contributed by atoms with Gasteiger partial charge in [0.15, 0.2) is 0 Å². The summed E-state index contributed by atoms with van der Waals surface area (Å²) < 4.78 is 5.63. The van der Waals surface area contributed by atoms with Gasteiger partial charge in [-0.25, -0.2) is 4.79 Å². The van der Waals surface area contributed by atoms with Crippen LogP contribution < -0.4 is 10.1 Å². The number of carbonyl (C=O) groups is 2. The van der Waals surface area contributed by atoms with E-state index in [1.54, 1.807) is 24.1 Å². The standard InChI is InChI=1S/C20H30ClN3O3/c1-20(2,3)24-14-15(12-18(24)25)13-22-19(26)23(4)10-5-11-27-17-8-6-16(21)7-9-17/h6-9,15H,5,10-14H2,1-4H3,(H,22,26). The van der Waals surface area contributed by atoms with Gasteiger partial charge in [-0.15, -0.1) is 0 Å². The van der Waals surface area contributed by atoms with Crippen molar-refractivity contribution in [3.8, 4) is 5.75 Å². The second-order valence-corrected chi connectivity index (χ2v) is 8.45. The number of urea groups is 1. The molecule has 1 N–H and O–H groups in total. The maximum Gasteiger partial charge on any atom is 0.317 e. The third-order valence-corrected chi connectivity index (χ3v) is 4.88. The molecule has 0 spiro atoms. The van der Waals surface area contributed by atoms with Crippen molar-refractivity contribution in [1.82, 2.24) is 15.1 Å². The van der Waals surface area contributed by atoms with E-state index in [-0.39, 0.29) is 23.4 Å². The molecule has 1 saturated heterocycles. The molecule has 0 bridgehead atoms. The van der Waals surface area contributed by atoms with Crippen LogP contribution in [-0.4, -0.2) is 60.6 Å². The van der Waals surface area contributed by atoms with E-state index in [0.29, 0.717) is 37.7 Å². The number of hydrogen-bond acceptors (Lipinski definition) is 3. The van der Waals surface area contributed by atoms with E-state index in [2.05, 4.69) is 5.32 Å². The van der Waals surface area contributed by atoms with Gasteiger partial charge in [-0.05, 0) is 51.5 Å². The Hall–Kier alpha value is -1.95. The predicted octanol–water partition coefficient (Wildman–Crippen LogP) is 3.40. The van der Waals surface area contributed by atoms with Gasteiger partial charge in [-0.1, -0.05) is 11.6 Å². The van der Waals surface area contributed by atoms with Crippen LogP contribution in [-0.2, 0) is 4.79 Å². The van der Waals surface area contributed by atoms with Crippen LogP contribution in [0.1, 0.15) is 33.6 Å². The Balaban J connectivity index is 1.64. The molecule has 6 nitrogen and oxygen atoms in total. The molecule has 1 aliphatic heterocycles. The molecule has 1 aromatic rings. The number of ether oxygens (including phenoxy) is 1. The quantitative estimate of drug-likeness (QED) is 0.720. The zero-order valence-corrected chi connectivity index (χ0v) is 17.4. The lowest BCUT2D eigenvalue weighted by Crippen LogP contribution is -2.43. The molecule has 0 aliphatic carbocycles. The Morgan fingerprint density at radius 3 is 2.59 bits per heavy atom. The topological polar surface area (TPSA) is 61.9 Å². The molecule has 3 amide bonds. The van der Waals surface area contributed by atoms with Gasteiger partial charge in [0.05, 0.1) is 6.61 Å². The summed E-state index contributed by atoms with van der Waals surface area (Å²) in [6.07, 6.45) is 1.22. The van der Waals surface area contributed by atoms with Gasteiger partial charge in [-0.3, -0.25) is 4.79 Å². The average molecular weight is 396 g/mol. The van der Waals surface area contributed by atoms with Gasteiger partial charge in [0.25, 0.3) is 0 Å². The van der Waals surface area contributed by atoms with E-state index in [0.717, 1.165) is 12.2 Å². The lowest BCUT2D eigenvalue weighted by Gasteiger charge is -2.32. The Morgan fingerprint density at radius 1 is 1.33 bits per heavy atom. The summed E-state index contributed by atoms with van der Waals surface area (Å²) >= 11 is 5.84. The van der Waals surface area contributed by atoms with Crippen LogP contribution in [0, 0.1) is 5.92 Å². The average Bonchev–Trinajstić information content (AvgIpc) is 2.99. The smallest absolute Gasteiger partial charge is 0.317 e. The number of amides is 3. The van der Waals surface area contributed by atoms with E-state index in [1.807, 2.05) is 37.8 Å². The molecule has 1 unspecified atom stereocenters. The van der Waals surface area contributed by atoms with Crippen LogP contribution in [0.15, 0.2) is 24.3 Å². The predicted molar refractivity (Wildman–Crippen MR) is 107 cm³/mol. The zero-order chi connectivity index (χ0) is 20.0. The lowest BCUT2D eigenvalue weighted by atomic mass is 10.1. The van der Waals surface area contributed by atoms with E-state index in [4.69, 9.17) is 16.3 Å². The highest BCUT2D eigenvalue weighted by Crippen LogP contribution is 2.25. The summed E-state index contributed by atoms with van der Waals surface area (Å²) in [6.45, 7) is 8.43. The van der Waals surface area contributed by atoms with E-state index >= 15 is 0 Å². The Kier molecular flexibility index (Phi) is 7.36. The lowest BCUT2D eigenvalue weighted by molar-refractivity contribution is -0.131. The van der Waals surface area contributed by atoms with Gasteiger partial charge in [0, 0.05) is 49.6 Å². The third-order valence-electron chi connectivity index (χ3n) is 4.62. The van der Waals surface area contributed by atoms with Crippen molar-refractivity contribution in [3.05, 3.63) is 29.3 Å². The van der Waals surface area contributed by atoms with Crippen molar-refractivity contribution in [2.24, 2.45) is 5.92 Å². The Morgan fingerprint density at radius 2 is 2.00 bits per heavy atom. The molecule has 1 fully saturated rings. The van der Waals surface area contributed by atoms with E-state index in [9.17, 15) is 9.59 Å². The minimum Gasteiger partial charge on any atom is -0.494 e. The summed E-state index contributed by atoms with van der Waals surface area (Å²) in [5, 5.41) is 3.61. The number of carbonyl (C=O) groups excluding carboxylic acids is 2. The first-order valence-corrected chi connectivity index (χ1v) is 9.72. The highest BCUT2D eigenvalue weighted by molar-refractivity contribution is 6.30. The van der Waals surface area contributed by atoms with Crippen molar-refractivity contribution in [1.29, 1.82) is 0 Å².